The summed E-state index contributed by atoms with van der Waals surface area (Å²) in [5, 5.41) is 7.74. The maximum Gasteiger partial charge on any atom is 0.124 e. The van der Waals surface area contributed by atoms with Crippen molar-refractivity contribution in [2.24, 2.45) is 0 Å². The molecule has 1 aromatic carbocycles. The highest BCUT2D eigenvalue weighted by Crippen LogP contribution is 2.25. The molecular weight excluding hydrogens is 248 g/mol. The topological polar surface area (TPSA) is 33.3 Å². The van der Waals surface area contributed by atoms with Crippen molar-refractivity contribution in [2.45, 2.75) is 31.8 Å². The molecule has 0 aliphatic carbocycles. The highest BCUT2D eigenvalue weighted by Gasteiger charge is 2.12. The molecule has 1 saturated heterocycles. The van der Waals surface area contributed by atoms with Gasteiger partial charge in [0.1, 0.15) is 5.75 Å². The molecule has 100 valence electrons. The minimum Gasteiger partial charge on any atom is -0.496 e. The number of methoxy groups -OCH3 is 1. The van der Waals surface area contributed by atoms with Crippen LogP contribution in [0.1, 0.15) is 24.8 Å². The van der Waals surface area contributed by atoms with E-state index in [9.17, 15) is 0 Å². The van der Waals surface area contributed by atoms with Crippen molar-refractivity contribution in [3.8, 4) is 5.75 Å². The third-order valence-electron chi connectivity index (χ3n) is 3.40. The first-order valence-corrected chi connectivity index (χ1v) is 6.94. The molecular formula is C14H21ClN2O. The molecule has 1 aliphatic heterocycles. The second kappa shape index (κ2) is 6.98. The lowest BCUT2D eigenvalue weighted by Crippen LogP contribution is -2.41. The molecule has 0 saturated carbocycles. The SMILES string of the molecule is COc1cccc(Cl)c1CNCC1CCCCN1. The predicted molar refractivity (Wildman–Crippen MR) is 75.4 cm³/mol. The van der Waals surface area contributed by atoms with Crippen LogP contribution >= 0.6 is 11.6 Å². The number of halogens is 1. The van der Waals surface area contributed by atoms with Gasteiger partial charge >= 0.3 is 0 Å². The van der Waals surface area contributed by atoms with Gasteiger partial charge in [-0.1, -0.05) is 24.1 Å². The second-order valence-electron chi connectivity index (χ2n) is 4.70. The van der Waals surface area contributed by atoms with E-state index in [1.165, 1.54) is 19.3 Å². The minimum absolute atomic E-state index is 0.590. The monoisotopic (exact) mass is 268 g/mol. The average Bonchev–Trinajstić information content (AvgIpc) is 2.41. The van der Waals surface area contributed by atoms with Crippen molar-refractivity contribution in [3.05, 3.63) is 28.8 Å². The van der Waals surface area contributed by atoms with Gasteiger partial charge in [-0.3, -0.25) is 0 Å². The van der Waals surface area contributed by atoms with Crippen LogP contribution in [-0.2, 0) is 6.54 Å². The number of ether oxygens (including phenoxy) is 1. The summed E-state index contributed by atoms with van der Waals surface area (Å²) in [5.74, 6) is 0.853. The van der Waals surface area contributed by atoms with Crippen LogP contribution in [0.15, 0.2) is 18.2 Å². The third-order valence-corrected chi connectivity index (χ3v) is 3.75. The zero-order chi connectivity index (χ0) is 12.8. The number of hydrogen-bond donors (Lipinski definition) is 2. The molecule has 1 atom stereocenters. The van der Waals surface area contributed by atoms with Crippen LogP contribution in [0.2, 0.25) is 5.02 Å². The van der Waals surface area contributed by atoms with Crippen LogP contribution in [0.3, 0.4) is 0 Å². The number of rotatable bonds is 5. The van der Waals surface area contributed by atoms with E-state index < -0.39 is 0 Å². The van der Waals surface area contributed by atoms with E-state index in [1.807, 2.05) is 18.2 Å². The summed E-state index contributed by atoms with van der Waals surface area (Å²) in [6.45, 7) is 2.87. The summed E-state index contributed by atoms with van der Waals surface area (Å²) < 4.78 is 5.33. The first-order chi connectivity index (χ1) is 8.81. The fourth-order valence-corrected chi connectivity index (χ4v) is 2.60. The molecule has 1 aromatic rings. The van der Waals surface area contributed by atoms with Crippen LogP contribution in [-0.4, -0.2) is 26.2 Å². The Balaban J connectivity index is 1.85. The maximum absolute atomic E-state index is 6.19. The zero-order valence-corrected chi connectivity index (χ0v) is 11.6. The molecule has 0 aromatic heterocycles. The lowest BCUT2D eigenvalue weighted by molar-refractivity contribution is 0.379. The van der Waals surface area contributed by atoms with Gasteiger partial charge in [0.25, 0.3) is 0 Å². The second-order valence-corrected chi connectivity index (χ2v) is 5.11. The van der Waals surface area contributed by atoms with Crippen LogP contribution in [0.25, 0.3) is 0 Å². The largest absolute Gasteiger partial charge is 0.496 e. The first kappa shape index (κ1) is 13.7. The van der Waals surface area contributed by atoms with Gasteiger partial charge in [-0.15, -0.1) is 0 Å². The third kappa shape index (κ3) is 3.61. The molecule has 0 spiro atoms. The molecule has 2 N–H and O–H groups in total. The van der Waals surface area contributed by atoms with Crippen molar-refractivity contribution in [1.82, 2.24) is 10.6 Å². The van der Waals surface area contributed by atoms with Crippen molar-refractivity contribution < 1.29 is 4.74 Å². The highest BCUT2D eigenvalue weighted by atomic mass is 35.5. The Morgan fingerprint density at radius 2 is 2.33 bits per heavy atom. The standard InChI is InChI=1S/C14H21ClN2O/c1-18-14-7-4-6-13(15)12(14)10-16-9-11-5-2-3-8-17-11/h4,6-7,11,16-17H,2-3,5,8-10H2,1H3. The van der Waals surface area contributed by atoms with E-state index in [1.54, 1.807) is 7.11 Å². The van der Waals surface area contributed by atoms with E-state index in [0.29, 0.717) is 6.04 Å². The van der Waals surface area contributed by atoms with E-state index in [-0.39, 0.29) is 0 Å². The van der Waals surface area contributed by atoms with Gasteiger partial charge in [0, 0.05) is 29.7 Å². The Labute approximate surface area is 114 Å². The minimum atomic E-state index is 0.590. The number of nitrogens with one attached hydrogen (secondary N) is 2. The molecule has 2 rings (SSSR count). The van der Waals surface area contributed by atoms with Gasteiger partial charge < -0.3 is 15.4 Å². The van der Waals surface area contributed by atoms with E-state index in [4.69, 9.17) is 16.3 Å². The summed E-state index contributed by atoms with van der Waals surface area (Å²) in [5.41, 5.74) is 1.04. The Hall–Kier alpha value is -0.770. The molecule has 3 nitrogen and oxygen atoms in total. The Morgan fingerprint density at radius 1 is 1.44 bits per heavy atom. The quantitative estimate of drug-likeness (QED) is 0.861. The van der Waals surface area contributed by atoms with Crippen molar-refractivity contribution >= 4 is 11.6 Å². The normalized spacial score (nSPS) is 19.8. The smallest absolute Gasteiger partial charge is 0.124 e. The summed E-state index contributed by atoms with van der Waals surface area (Å²) in [4.78, 5) is 0. The molecule has 0 bridgehead atoms. The molecule has 0 radical (unpaired) electrons. The fourth-order valence-electron chi connectivity index (χ4n) is 2.37. The molecule has 0 amide bonds. The van der Waals surface area contributed by atoms with Gasteiger partial charge in [0.15, 0.2) is 0 Å². The lowest BCUT2D eigenvalue weighted by atomic mass is 10.1. The highest BCUT2D eigenvalue weighted by molar-refractivity contribution is 6.31. The Bertz CT molecular complexity index is 378. The van der Waals surface area contributed by atoms with Crippen LogP contribution in [0, 0.1) is 0 Å². The predicted octanol–water partition coefficient (Wildman–Crippen LogP) is 2.58. The number of piperidine rings is 1. The van der Waals surface area contributed by atoms with Gasteiger partial charge in [0.2, 0.25) is 0 Å². The summed E-state index contributed by atoms with van der Waals surface area (Å²) >= 11 is 6.19. The van der Waals surface area contributed by atoms with Crippen molar-refractivity contribution in [2.75, 3.05) is 20.2 Å². The lowest BCUT2D eigenvalue weighted by Gasteiger charge is -2.24. The molecule has 1 aliphatic rings. The van der Waals surface area contributed by atoms with Gasteiger partial charge in [-0.25, -0.2) is 0 Å². The van der Waals surface area contributed by atoms with Gasteiger partial charge in [-0.05, 0) is 31.5 Å². The van der Waals surface area contributed by atoms with E-state index >= 15 is 0 Å². The van der Waals surface area contributed by atoms with Crippen LogP contribution in [0.5, 0.6) is 5.75 Å². The Kier molecular flexibility index (Phi) is 5.29. The average molecular weight is 269 g/mol. The molecule has 18 heavy (non-hydrogen) atoms. The summed E-state index contributed by atoms with van der Waals surface area (Å²) in [6, 6.07) is 6.35. The zero-order valence-electron chi connectivity index (χ0n) is 10.8. The summed E-state index contributed by atoms with van der Waals surface area (Å²) in [6.07, 6.45) is 3.89. The van der Waals surface area contributed by atoms with Crippen LogP contribution < -0.4 is 15.4 Å². The molecule has 1 unspecified atom stereocenters. The summed E-state index contributed by atoms with van der Waals surface area (Å²) in [7, 11) is 1.68. The van der Waals surface area contributed by atoms with Crippen molar-refractivity contribution in [3.63, 3.8) is 0 Å². The van der Waals surface area contributed by atoms with Gasteiger partial charge in [-0.2, -0.15) is 0 Å². The Morgan fingerprint density at radius 3 is 3.06 bits per heavy atom. The number of benzene rings is 1. The van der Waals surface area contributed by atoms with Gasteiger partial charge in [0.05, 0.1) is 7.11 Å². The molecule has 1 fully saturated rings. The molecule has 4 heteroatoms. The fraction of sp³-hybridized carbons (Fsp3) is 0.571. The van der Waals surface area contributed by atoms with E-state index in [2.05, 4.69) is 10.6 Å². The molecule has 1 heterocycles. The van der Waals surface area contributed by atoms with E-state index in [0.717, 1.165) is 36.0 Å². The first-order valence-electron chi connectivity index (χ1n) is 6.56. The van der Waals surface area contributed by atoms with Crippen LogP contribution in [0.4, 0.5) is 0 Å². The maximum atomic E-state index is 6.19. The number of hydrogen-bond acceptors (Lipinski definition) is 3. The van der Waals surface area contributed by atoms with Crippen molar-refractivity contribution in [1.29, 1.82) is 0 Å².